The molecular formula is C22H27N3O3S2. The smallest absolute Gasteiger partial charge is 0.307 e. The van der Waals surface area contributed by atoms with E-state index >= 15 is 0 Å². The molecule has 0 saturated carbocycles. The van der Waals surface area contributed by atoms with E-state index in [9.17, 15) is 13.2 Å². The molecule has 2 unspecified atom stereocenters. The quantitative estimate of drug-likeness (QED) is 0.647. The molecule has 0 spiro atoms. The summed E-state index contributed by atoms with van der Waals surface area (Å²) in [7, 11) is -2.02. The number of anilines is 1. The highest BCUT2D eigenvalue weighted by Crippen LogP contribution is 2.26. The summed E-state index contributed by atoms with van der Waals surface area (Å²) in [6, 6.07) is 12.6. The molecule has 6 nitrogen and oxygen atoms in total. The third-order valence-corrected chi connectivity index (χ3v) is 8.36. The molecule has 30 heavy (non-hydrogen) atoms. The number of fused-ring (bicyclic) bond motifs is 1. The number of hydrogen-bond donors (Lipinski definition) is 1. The van der Waals surface area contributed by atoms with Crippen LogP contribution in [0, 0.1) is 5.92 Å². The minimum atomic E-state index is -3.71. The number of thiazole rings is 1. The molecule has 3 aromatic rings. The van der Waals surface area contributed by atoms with E-state index in [1.807, 2.05) is 19.1 Å². The fraction of sp³-hybridized carbons (Fsp3) is 0.409. The summed E-state index contributed by atoms with van der Waals surface area (Å²) in [5.74, 6) is 0.699. The zero-order valence-electron chi connectivity index (χ0n) is 17.5. The summed E-state index contributed by atoms with van der Waals surface area (Å²) in [4.78, 5) is 14.3. The van der Waals surface area contributed by atoms with Gasteiger partial charge in [-0.1, -0.05) is 30.4 Å². The number of piperidine rings is 1. The van der Waals surface area contributed by atoms with Crippen LogP contribution in [0.25, 0.3) is 10.2 Å². The molecule has 2 heterocycles. The molecule has 160 valence electrons. The second-order valence-corrected chi connectivity index (χ2v) is 10.9. The number of rotatable bonds is 5. The van der Waals surface area contributed by atoms with Crippen molar-refractivity contribution in [2.45, 2.75) is 37.6 Å². The van der Waals surface area contributed by atoms with Crippen LogP contribution in [-0.2, 0) is 17.1 Å². The summed E-state index contributed by atoms with van der Waals surface area (Å²) in [5.41, 5.74) is 2.84. The van der Waals surface area contributed by atoms with Gasteiger partial charge in [0.25, 0.3) is 0 Å². The molecule has 8 heteroatoms. The summed E-state index contributed by atoms with van der Waals surface area (Å²) in [6.07, 6.45) is 2.48. The van der Waals surface area contributed by atoms with E-state index in [-0.39, 0.29) is 15.8 Å². The molecule has 1 N–H and O–H groups in total. The van der Waals surface area contributed by atoms with Crippen molar-refractivity contribution in [1.82, 2.24) is 9.29 Å². The van der Waals surface area contributed by atoms with E-state index in [2.05, 4.69) is 28.7 Å². The van der Waals surface area contributed by atoms with Crippen LogP contribution in [0.5, 0.6) is 0 Å². The molecule has 0 amide bonds. The fourth-order valence-corrected chi connectivity index (χ4v) is 6.30. The minimum absolute atomic E-state index is 0.107. The van der Waals surface area contributed by atoms with Gasteiger partial charge >= 0.3 is 4.87 Å². The van der Waals surface area contributed by atoms with E-state index in [1.54, 1.807) is 25.2 Å². The van der Waals surface area contributed by atoms with Crippen LogP contribution in [0.3, 0.4) is 0 Å². The Kier molecular flexibility index (Phi) is 5.74. The number of aryl methyl sites for hydroxylation is 1. The van der Waals surface area contributed by atoms with Crippen LogP contribution in [0.1, 0.15) is 38.3 Å². The molecule has 1 aliphatic heterocycles. The Hall–Kier alpha value is -2.16. The van der Waals surface area contributed by atoms with Crippen molar-refractivity contribution >= 4 is 37.3 Å². The Bertz CT molecular complexity index is 1210. The monoisotopic (exact) mass is 445 g/mol. The molecule has 2 atom stereocenters. The van der Waals surface area contributed by atoms with Crippen molar-refractivity contribution in [3.8, 4) is 0 Å². The summed E-state index contributed by atoms with van der Waals surface area (Å²) in [5, 5.41) is 0. The van der Waals surface area contributed by atoms with Gasteiger partial charge in [0, 0.05) is 31.9 Å². The number of sulfonamides is 1. The lowest BCUT2D eigenvalue weighted by molar-refractivity contribution is 0.447. The molecule has 1 saturated heterocycles. The van der Waals surface area contributed by atoms with Crippen molar-refractivity contribution in [2.24, 2.45) is 13.0 Å². The second-order valence-electron chi connectivity index (χ2n) is 8.18. The van der Waals surface area contributed by atoms with Gasteiger partial charge in [0.2, 0.25) is 10.0 Å². The van der Waals surface area contributed by atoms with Gasteiger partial charge in [0.15, 0.2) is 0 Å². The van der Waals surface area contributed by atoms with E-state index in [4.69, 9.17) is 0 Å². The summed E-state index contributed by atoms with van der Waals surface area (Å²) >= 11 is 1.05. The first kappa shape index (κ1) is 21.1. The third-order valence-electron chi connectivity index (χ3n) is 5.82. The van der Waals surface area contributed by atoms with Crippen LogP contribution in [0.2, 0.25) is 0 Å². The lowest BCUT2D eigenvalue weighted by atomic mass is 9.99. The van der Waals surface area contributed by atoms with E-state index in [0.717, 1.165) is 35.5 Å². The first-order valence-corrected chi connectivity index (χ1v) is 12.5. The van der Waals surface area contributed by atoms with E-state index in [0.29, 0.717) is 10.6 Å². The molecule has 1 aromatic heterocycles. The SMILES string of the molecule is CC1CCCN(c2ccc(C(C)NS(=O)(=O)c3ccc4c(c3)sc(=O)n4C)cc2)C1. The first-order valence-electron chi connectivity index (χ1n) is 10.2. The number of hydrogen-bond acceptors (Lipinski definition) is 5. The Balaban J connectivity index is 1.51. The van der Waals surface area contributed by atoms with Gasteiger partial charge in [0.05, 0.1) is 15.1 Å². The van der Waals surface area contributed by atoms with Crippen molar-refractivity contribution in [3.63, 3.8) is 0 Å². The van der Waals surface area contributed by atoms with Crippen molar-refractivity contribution in [3.05, 3.63) is 57.7 Å². The Labute approximate surface area is 181 Å². The zero-order valence-corrected chi connectivity index (χ0v) is 19.1. The molecule has 2 aromatic carbocycles. The van der Waals surface area contributed by atoms with Crippen LogP contribution in [0.4, 0.5) is 5.69 Å². The molecule has 0 bridgehead atoms. The standard InChI is InChI=1S/C22H27N3O3S2/c1-15-5-4-12-25(14-15)18-8-6-17(7-9-18)16(2)23-30(27,28)19-10-11-20-21(13-19)29-22(26)24(20)3/h6-11,13,15-16,23H,4-5,12,14H2,1-3H3. The maximum atomic E-state index is 12.9. The maximum Gasteiger partial charge on any atom is 0.307 e. The summed E-state index contributed by atoms with van der Waals surface area (Å²) < 4.78 is 30.8. The Morgan fingerprint density at radius 2 is 1.90 bits per heavy atom. The maximum absolute atomic E-state index is 12.9. The molecule has 1 aliphatic rings. The minimum Gasteiger partial charge on any atom is -0.371 e. The highest BCUT2D eigenvalue weighted by molar-refractivity contribution is 7.89. The highest BCUT2D eigenvalue weighted by Gasteiger charge is 2.21. The van der Waals surface area contributed by atoms with Crippen LogP contribution in [-0.4, -0.2) is 26.1 Å². The van der Waals surface area contributed by atoms with Crippen molar-refractivity contribution in [1.29, 1.82) is 0 Å². The van der Waals surface area contributed by atoms with Gasteiger partial charge in [-0.2, -0.15) is 0 Å². The largest absolute Gasteiger partial charge is 0.371 e. The molecular weight excluding hydrogens is 418 g/mol. The van der Waals surface area contributed by atoms with Gasteiger partial charge in [0.1, 0.15) is 0 Å². The van der Waals surface area contributed by atoms with Crippen molar-refractivity contribution < 1.29 is 8.42 Å². The fourth-order valence-electron chi connectivity index (χ4n) is 4.05. The number of nitrogens with one attached hydrogen (secondary N) is 1. The van der Waals surface area contributed by atoms with Gasteiger partial charge < -0.3 is 9.47 Å². The third kappa shape index (κ3) is 4.17. The first-order chi connectivity index (χ1) is 14.2. The number of nitrogens with zero attached hydrogens (tertiary/aromatic N) is 2. The van der Waals surface area contributed by atoms with Gasteiger partial charge in [-0.3, -0.25) is 4.79 Å². The topological polar surface area (TPSA) is 71.4 Å². The van der Waals surface area contributed by atoms with Gasteiger partial charge in [-0.15, -0.1) is 0 Å². The molecule has 1 fully saturated rings. The highest BCUT2D eigenvalue weighted by atomic mass is 32.2. The van der Waals surface area contributed by atoms with Crippen molar-refractivity contribution in [2.75, 3.05) is 18.0 Å². The van der Waals surface area contributed by atoms with Gasteiger partial charge in [-0.05, 0) is 61.6 Å². The predicted octanol–water partition coefficient (Wildman–Crippen LogP) is 3.88. The number of aromatic nitrogens is 1. The Morgan fingerprint density at radius 1 is 1.17 bits per heavy atom. The number of benzene rings is 2. The van der Waals surface area contributed by atoms with Crippen LogP contribution in [0.15, 0.2) is 52.2 Å². The lowest BCUT2D eigenvalue weighted by Gasteiger charge is -2.33. The van der Waals surface area contributed by atoms with Gasteiger partial charge in [-0.25, -0.2) is 13.1 Å². The van der Waals surface area contributed by atoms with E-state index < -0.39 is 10.0 Å². The van der Waals surface area contributed by atoms with Crippen LogP contribution >= 0.6 is 11.3 Å². The zero-order chi connectivity index (χ0) is 21.5. The predicted molar refractivity (Wildman–Crippen MR) is 123 cm³/mol. The average Bonchev–Trinajstić information content (AvgIpc) is 3.01. The lowest BCUT2D eigenvalue weighted by Crippen LogP contribution is -2.34. The summed E-state index contributed by atoms with van der Waals surface area (Å²) in [6.45, 7) is 6.26. The molecule has 4 rings (SSSR count). The molecule has 0 radical (unpaired) electrons. The second kappa shape index (κ2) is 8.17. The van der Waals surface area contributed by atoms with E-state index in [1.165, 1.54) is 23.1 Å². The normalized spacial score (nSPS) is 18.6. The molecule has 0 aliphatic carbocycles. The van der Waals surface area contributed by atoms with Crippen LogP contribution < -0.4 is 14.5 Å². The Morgan fingerprint density at radius 3 is 2.60 bits per heavy atom. The average molecular weight is 446 g/mol.